The second kappa shape index (κ2) is 13.0. The molecule has 39 heavy (non-hydrogen) atoms. The summed E-state index contributed by atoms with van der Waals surface area (Å²) in [5, 5.41) is 2.56. The molecule has 0 saturated heterocycles. The van der Waals surface area contributed by atoms with Crippen LogP contribution in [0.15, 0.2) is 77.7 Å². The van der Waals surface area contributed by atoms with Gasteiger partial charge in [-0.3, -0.25) is 13.9 Å². The molecular weight excluding hydrogens is 522 g/mol. The molecule has 0 saturated carbocycles. The number of anilines is 1. The second-order valence-corrected chi connectivity index (χ2v) is 10.4. The highest BCUT2D eigenvalue weighted by Crippen LogP contribution is 2.36. The third kappa shape index (κ3) is 6.80. The minimum Gasteiger partial charge on any atom is -0.497 e. The van der Waals surface area contributed by atoms with Crippen molar-refractivity contribution in [3.63, 3.8) is 0 Å². The Hall–Kier alpha value is -4.25. The summed E-state index contributed by atoms with van der Waals surface area (Å²) >= 11 is 0. The minimum absolute atomic E-state index is 0.0104. The van der Waals surface area contributed by atoms with Crippen LogP contribution in [0.2, 0.25) is 0 Å². The number of methoxy groups -OCH3 is 3. The number of amides is 2. The summed E-state index contributed by atoms with van der Waals surface area (Å²) in [7, 11) is 1.64. The van der Waals surface area contributed by atoms with E-state index in [2.05, 4.69) is 5.32 Å². The molecule has 0 aliphatic rings. The van der Waals surface area contributed by atoms with Crippen LogP contribution in [-0.2, 0) is 26.2 Å². The second-order valence-electron chi connectivity index (χ2n) is 8.52. The Morgan fingerprint density at radius 1 is 0.872 bits per heavy atom. The maximum absolute atomic E-state index is 13.9. The summed E-state index contributed by atoms with van der Waals surface area (Å²) < 4.78 is 44.8. The molecule has 0 spiro atoms. The Morgan fingerprint density at radius 2 is 1.49 bits per heavy atom. The van der Waals surface area contributed by atoms with Crippen molar-refractivity contribution < 1.29 is 32.2 Å². The highest BCUT2D eigenvalue weighted by atomic mass is 32.2. The van der Waals surface area contributed by atoms with Crippen LogP contribution < -0.4 is 23.8 Å². The van der Waals surface area contributed by atoms with Crippen molar-refractivity contribution in [1.82, 2.24) is 10.2 Å². The zero-order valence-corrected chi connectivity index (χ0v) is 23.4. The van der Waals surface area contributed by atoms with Gasteiger partial charge < -0.3 is 24.4 Å². The van der Waals surface area contributed by atoms with Crippen molar-refractivity contribution in [2.45, 2.75) is 24.4 Å². The van der Waals surface area contributed by atoms with Crippen LogP contribution in [0.25, 0.3) is 0 Å². The summed E-state index contributed by atoms with van der Waals surface area (Å²) in [4.78, 5) is 27.8. The quantitative estimate of drug-likeness (QED) is 0.365. The number of hydrogen-bond acceptors (Lipinski definition) is 7. The summed E-state index contributed by atoms with van der Waals surface area (Å²) in [6, 6.07) is 18.6. The van der Waals surface area contributed by atoms with Gasteiger partial charge in [-0.25, -0.2) is 8.42 Å². The topological polar surface area (TPSA) is 114 Å². The molecule has 2 amide bonds. The van der Waals surface area contributed by atoms with Crippen molar-refractivity contribution in [3.8, 4) is 17.2 Å². The van der Waals surface area contributed by atoms with Gasteiger partial charge in [0, 0.05) is 19.7 Å². The van der Waals surface area contributed by atoms with E-state index in [-0.39, 0.29) is 22.9 Å². The van der Waals surface area contributed by atoms with Crippen molar-refractivity contribution >= 4 is 27.5 Å². The van der Waals surface area contributed by atoms with Gasteiger partial charge in [-0.15, -0.1) is 0 Å². The number of likely N-dealkylation sites (N-methyl/N-ethyl adjacent to an activating group) is 1. The predicted molar refractivity (Wildman–Crippen MR) is 148 cm³/mol. The third-order valence-corrected chi connectivity index (χ3v) is 7.96. The lowest BCUT2D eigenvalue weighted by Gasteiger charge is -2.32. The number of ether oxygens (including phenoxy) is 3. The molecule has 0 aromatic heterocycles. The van der Waals surface area contributed by atoms with E-state index in [9.17, 15) is 18.0 Å². The Morgan fingerprint density at radius 3 is 2.05 bits per heavy atom. The smallest absolute Gasteiger partial charge is 0.264 e. The first kappa shape index (κ1) is 29.3. The van der Waals surface area contributed by atoms with E-state index in [4.69, 9.17) is 14.2 Å². The van der Waals surface area contributed by atoms with Crippen LogP contribution >= 0.6 is 0 Å². The molecule has 3 rings (SSSR count). The molecule has 1 atom stereocenters. The van der Waals surface area contributed by atoms with Crippen LogP contribution in [0.3, 0.4) is 0 Å². The zero-order valence-electron chi connectivity index (χ0n) is 22.6. The molecule has 0 aliphatic heterocycles. The van der Waals surface area contributed by atoms with Gasteiger partial charge in [0.2, 0.25) is 11.8 Å². The fraction of sp³-hybridized carbons (Fsp3) is 0.286. The van der Waals surface area contributed by atoms with Gasteiger partial charge >= 0.3 is 0 Å². The molecule has 11 heteroatoms. The molecule has 208 valence electrons. The highest BCUT2D eigenvalue weighted by molar-refractivity contribution is 7.92. The minimum atomic E-state index is -4.24. The van der Waals surface area contributed by atoms with E-state index >= 15 is 0 Å². The summed E-state index contributed by atoms with van der Waals surface area (Å²) in [5.74, 6) is 0.255. The van der Waals surface area contributed by atoms with Crippen molar-refractivity contribution in [2.75, 3.05) is 39.2 Å². The lowest BCUT2D eigenvalue weighted by molar-refractivity contribution is -0.139. The van der Waals surface area contributed by atoms with Crippen LogP contribution in [0.4, 0.5) is 5.69 Å². The van der Waals surface area contributed by atoms with E-state index in [1.54, 1.807) is 68.6 Å². The lowest BCUT2D eigenvalue weighted by Crippen LogP contribution is -2.50. The number of benzene rings is 3. The normalized spacial score (nSPS) is 11.7. The average Bonchev–Trinajstić information content (AvgIpc) is 2.98. The molecule has 0 heterocycles. The van der Waals surface area contributed by atoms with Crippen LogP contribution in [-0.4, -0.2) is 66.1 Å². The van der Waals surface area contributed by atoms with Gasteiger partial charge in [0.15, 0.2) is 0 Å². The van der Waals surface area contributed by atoms with E-state index < -0.39 is 34.4 Å². The molecule has 3 aromatic rings. The average molecular weight is 556 g/mol. The predicted octanol–water partition coefficient (Wildman–Crippen LogP) is 3.07. The fourth-order valence-corrected chi connectivity index (χ4v) is 5.38. The third-order valence-electron chi connectivity index (χ3n) is 6.19. The molecule has 3 aromatic carbocycles. The first-order chi connectivity index (χ1) is 18.7. The molecule has 0 bridgehead atoms. The highest BCUT2D eigenvalue weighted by Gasteiger charge is 2.33. The van der Waals surface area contributed by atoms with Crippen molar-refractivity contribution in [3.05, 3.63) is 78.4 Å². The van der Waals surface area contributed by atoms with Gasteiger partial charge in [0.05, 0.1) is 31.9 Å². The number of nitrogens with one attached hydrogen (secondary N) is 1. The first-order valence-electron chi connectivity index (χ1n) is 12.1. The molecule has 0 radical (unpaired) electrons. The number of carbonyl (C=O) groups is 2. The Bertz CT molecular complexity index is 1380. The summed E-state index contributed by atoms with van der Waals surface area (Å²) in [6.07, 6.45) is 0. The van der Waals surface area contributed by atoms with Crippen molar-refractivity contribution in [1.29, 1.82) is 0 Å². The van der Waals surface area contributed by atoms with Crippen molar-refractivity contribution in [2.24, 2.45) is 0 Å². The molecule has 1 N–H and O–H groups in total. The largest absolute Gasteiger partial charge is 0.497 e. The number of carbonyl (C=O) groups excluding carboxylic acids is 2. The molecular formula is C28H33N3O7S. The maximum Gasteiger partial charge on any atom is 0.264 e. The Labute approximate surface area is 229 Å². The standard InChI is InChI=1S/C28H33N3O7S/c1-20(28(33)29-2)30(18-21-11-13-22(36-3)14-12-21)27(32)19-31(39(34,35)24-9-7-6-8-10-24)25-17-23(37-4)15-16-26(25)38-5/h6-17,20H,18-19H2,1-5H3,(H,29,33). The number of sulfonamides is 1. The van der Waals surface area contributed by atoms with Gasteiger partial charge in [-0.1, -0.05) is 30.3 Å². The van der Waals surface area contributed by atoms with E-state index in [1.165, 1.54) is 44.4 Å². The number of rotatable bonds is 12. The summed E-state index contributed by atoms with van der Waals surface area (Å²) in [5.41, 5.74) is 0.849. The van der Waals surface area contributed by atoms with Gasteiger partial charge in [0.1, 0.15) is 29.8 Å². The van der Waals surface area contributed by atoms with Gasteiger partial charge in [-0.2, -0.15) is 0 Å². The van der Waals surface area contributed by atoms with Gasteiger partial charge in [-0.05, 0) is 48.9 Å². The van der Waals surface area contributed by atoms with E-state index in [0.717, 1.165) is 9.87 Å². The molecule has 0 aliphatic carbocycles. The zero-order chi connectivity index (χ0) is 28.6. The van der Waals surface area contributed by atoms with E-state index in [0.29, 0.717) is 11.5 Å². The first-order valence-corrected chi connectivity index (χ1v) is 13.5. The number of hydrogen-bond donors (Lipinski definition) is 1. The number of nitrogens with zero attached hydrogens (tertiary/aromatic N) is 2. The molecule has 10 nitrogen and oxygen atoms in total. The van der Waals surface area contributed by atoms with Crippen LogP contribution in [0, 0.1) is 0 Å². The summed E-state index contributed by atoms with van der Waals surface area (Å²) in [6.45, 7) is 1.05. The van der Waals surface area contributed by atoms with Gasteiger partial charge in [0.25, 0.3) is 10.0 Å². The lowest BCUT2D eigenvalue weighted by atomic mass is 10.1. The van der Waals surface area contributed by atoms with Crippen LogP contribution in [0.5, 0.6) is 17.2 Å². The fourth-order valence-electron chi connectivity index (χ4n) is 3.94. The molecule has 1 unspecified atom stereocenters. The Balaban J connectivity index is 2.09. The maximum atomic E-state index is 13.9. The SMILES string of the molecule is CNC(=O)C(C)N(Cc1ccc(OC)cc1)C(=O)CN(c1cc(OC)ccc1OC)S(=O)(=O)c1ccccc1. The molecule has 0 fully saturated rings. The van der Waals surface area contributed by atoms with E-state index in [1.807, 2.05) is 0 Å². The monoisotopic (exact) mass is 555 g/mol. The Kier molecular flexibility index (Phi) is 9.78. The van der Waals surface area contributed by atoms with Crippen LogP contribution in [0.1, 0.15) is 12.5 Å².